The topological polar surface area (TPSA) is 73.6 Å². The maximum absolute atomic E-state index is 12.2. The molecule has 0 aliphatic carbocycles. The van der Waals surface area contributed by atoms with E-state index in [2.05, 4.69) is 34.3 Å². The third-order valence-electron chi connectivity index (χ3n) is 5.02. The van der Waals surface area contributed by atoms with Gasteiger partial charge >= 0.3 is 0 Å². The van der Waals surface area contributed by atoms with Gasteiger partial charge in [0, 0.05) is 17.9 Å². The van der Waals surface area contributed by atoms with Crippen LogP contribution in [0.2, 0.25) is 0 Å². The molecule has 2 aliphatic rings. The van der Waals surface area contributed by atoms with Crippen LogP contribution in [-0.4, -0.2) is 34.6 Å². The Morgan fingerprint density at radius 1 is 1.32 bits per heavy atom. The highest BCUT2D eigenvalue weighted by atomic mass is 16.3. The molecule has 2 aliphatic heterocycles. The summed E-state index contributed by atoms with van der Waals surface area (Å²) < 4.78 is 5.40. The third kappa shape index (κ3) is 2.93. The van der Waals surface area contributed by atoms with E-state index < -0.39 is 0 Å². The first-order valence-electron chi connectivity index (χ1n) is 8.68. The fraction of sp³-hybridized carbons (Fsp3) is 0.368. The number of hydrogen-bond donors (Lipinski definition) is 2. The van der Waals surface area contributed by atoms with E-state index in [0.29, 0.717) is 17.0 Å². The third-order valence-corrected chi connectivity index (χ3v) is 5.02. The maximum atomic E-state index is 12.2. The van der Waals surface area contributed by atoms with Crippen molar-refractivity contribution in [2.24, 2.45) is 5.10 Å². The number of aryl methyl sites for hydroxylation is 1. The molecule has 2 aromatic heterocycles. The quantitative estimate of drug-likeness (QED) is 0.842. The molecule has 2 N–H and O–H groups in total. The summed E-state index contributed by atoms with van der Waals surface area (Å²) in [7, 11) is 0. The molecular weight excluding hydrogens is 316 g/mol. The van der Waals surface area contributed by atoms with Crippen molar-refractivity contribution >= 4 is 17.7 Å². The number of aromatic amines is 1. The molecular formula is C19H22N4O2. The highest BCUT2D eigenvalue weighted by Crippen LogP contribution is 2.25. The van der Waals surface area contributed by atoms with Crippen molar-refractivity contribution < 1.29 is 9.21 Å². The summed E-state index contributed by atoms with van der Waals surface area (Å²) in [5.74, 6) is 0.377. The highest BCUT2D eigenvalue weighted by Gasteiger charge is 2.27. The molecule has 0 aromatic carbocycles. The smallest absolute Gasteiger partial charge is 0.273 e. The van der Waals surface area contributed by atoms with Gasteiger partial charge in [-0.1, -0.05) is 0 Å². The summed E-state index contributed by atoms with van der Waals surface area (Å²) in [4.78, 5) is 18.1. The Balaban J connectivity index is 1.66. The maximum Gasteiger partial charge on any atom is 0.273 e. The lowest BCUT2D eigenvalue weighted by Gasteiger charge is -2.15. The first kappa shape index (κ1) is 15.9. The molecule has 0 unspecified atom stereocenters. The van der Waals surface area contributed by atoms with Crippen LogP contribution in [0.4, 0.5) is 0 Å². The van der Waals surface area contributed by atoms with Crippen LogP contribution in [0.15, 0.2) is 33.5 Å². The van der Waals surface area contributed by atoms with E-state index in [0.717, 1.165) is 31.0 Å². The SMILES string of the molecule is Cc1[nH]c(C=C2C(=O)NN=C2c2ccco2)c(C)c1CN1CCCC1. The Morgan fingerprint density at radius 3 is 2.84 bits per heavy atom. The number of hydrazone groups is 1. The fourth-order valence-corrected chi connectivity index (χ4v) is 3.57. The van der Waals surface area contributed by atoms with Crippen LogP contribution in [0.25, 0.3) is 6.08 Å². The van der Waals surface area contributed by atoms with Crippen molar-refractivity contribution in [2.75, 3.05) is 13.1 Å². The van der Waals surface area contributed by atoms with E-state index >= 15 is 0 Å². The molecule has 1 fully saturated rings. The molecule has 1 saturated heterocycles. The zero-order valence-corrected chi connectivity index (χ0v) is 14.6. The van der Waals surface area contributed by atoms with Gasteiger partial charge in [-0.2, -0.15) is 5.10 Å². The normalized spacial score (nSPS) is 19.7. The minimum absolute atomic E-state index is 0.209. The molecule has 6 nitrogen and oxygen atoms in total. The van der Waals surface area contributed by atoms with Crippen molar-refractivity contribution in [3.8, 4) is 0 Å². The van der Waals surface area contributed by atoms with Crippen LogP contribution in [-0.2, 0) is 11.3 Å². The average molecular weight is 338 g/mol. The van der Waals surface area contributed by atoms with Gasteiger partial charge in [0.15, 0.2) is 5.76 Å². The van der Waals surface area contributed by atoms with Gasteiger partial charge in [-0.25, -0.2) is 5.43 Å². The van der Waals surface area contributed by atoms with Gasteiger partial charge in [0.25, 0.3) is 5.91 Å². The van der Waals surface area contributed by atoms with E-state index in [4.69, 9.17) is 4.42 Å². The molecule has 0 spiro atoms. The van der Waals surface area contributed by atoms with Gasteiger partial charge in [-0.05, 0) is 69.1 Å². The Labute approximate surface area is 146 Å². The largest absolute Gasteiger partial charge is 0.463 e. The number of furan rings is 1. The van der Waals surface area contributed by atoms with Gasteiger partial charge in [-0.15, -0.1) is 0 Å². The number of carbonyl (C=O) groups is 1. The lowest BCUT2D eigenvalue weighted by molar-refractivity contribution is -0.116. The van der Waals surface area contributed by atoms with E-state index in [9.17, 15) is 4.79 Å². The number of nitrogens with one attached hydrogen (secondary N) is 2. The molecule has 25 heavy (non-hydrogen) atoms. The van der Waals surface area contributed by atoms with Crippen LogP contribution in [0.1, 0.15) is 41.1 Å². The van der Waals surface area contributed by atoms with Crippen molar-refractivity contribution in [2.45, 2.75) is 33.2 Å². The highest BCUT2D eigenvalue weighted by molar-refractivity contribution is 6.32. The molecule has 0 bridgehead atoms. The Kier molecular flexibility index (Phi) is 4.05. The predicted molar refractivity (Wildman–Crippen MR) is 96.1 cm³/mol. The number of H-pyrrole nitrogens is 1. The predicted octanol–water partition coefficient (Wildman–Crippen LogP) is 2.74. The molecule has 2 aromatic rings. The van der Waals surface area contributed by atoms with E-state index in [1.807, 2.05) is 6.08 Å². The van der Waals surface area contributed by atoms with Gasteiger partial charge in [0.05, 0.1) is 11.8 Å². The van der Waals surface area contributed by atoms with Gasteiger partial charge in [-0.3, -0.25) is 9.69 Å². The molecule has 6 heteroatoms. The summed E-state index contributed by atoms with van der Waals surface area (Å²) >= 11 is 0. The fourth-order valence-electron chi connectivity index (χ4n) is 3.57. The molecule has 4 rings (SSSR count). The number of rotatable bonds is 4. The molecule has 0 atom stereocenters. The zero-order valence-electron chi connectivity index (χ0n) is 14.6. The summed E-state index contributed by atoms with van der Waals surface area (Å²) in [6, 6.07) is 3.59. The van der Waals surface area contributed by atoms with E-state index in [1.54, 1.807) is 18.4 Å². The number of carbonyl (C=O) groups excluding carboxylic acids is 1. The van der Waals surface area contributed by atoms with Crippen LogP contribution in [0.3, 0.4) is 0 Å². The Hall–Kier alpha value is -2.60. The van der Waals surface area contributed by atoms with Gasteiger partial charge in [0.2, 0.25) is 0 Å². The minimum atomic E-state index is -0.209. The molecule has 4 heterocycles. The van der Waals surface area contributed by atoms with Gasteiger partial charge in [0.1, 0.15) is 5.71 Å². The van der Waals surface area contributed by atoms with Crippen LogP contribution >= 0.6 is 0 Å². The number of nitrogens with zero attached hydrogens (tertiary/aromatic N) is 2. The minimum Gasteiger partial charge on any atom is -0.463 e. The Morgan fingerprint density at radius 2 is 2.12 bits per heavy atom. The molecule has 0 radical (unpaired) electrons. The van der Waals surface area contributed by atoms with E-state index in [-0.39, 0.29) is 5.91 Å². The van der Waals surface area contributed by atoms with Crippen molar-refractivity contribution in [3.63, 3.8) is 0 Å². The number of aromatic nitrogens is 1. The number of amides is 1. The summed E-state index contributed by atoms with van der Waals surface area (Å²) in [5.41, 5.74) is 8.22. The van der Waals surface area contributed by atoms with Crippen molar-refractivity contribution in [3.05, 3.63) is 52.2 Å². The second-order valence-electron chi connectivity index (χ2n) is 6.69. The molecule has 130 valence electrons. The molecule has 0 saturated carbocycles. The van der Waals surface area contributed by atoms with Crippen molar-refractivity contribution in [1.82, 2.24) is 15.3 Å². The van der Waals surface area contributed by atoms with Gasteiger partial charge < -0.3 is 9.40 Å². The number of hydrogen-bond acceptors (Lipinski definition) is 4. The second-order valence-corrected chi connectivity index (χ2v) is 6.69. The zero-order chi connectivity index (χ0) is 17.4. The van der Waals surface area contributed by atoms with Crippen molar-refractivity contribution in [1.29, 1.82) is 0 Å². The Bertz CT molecular complexity index is 852. The second kappa shape index (κ2) is 6.37. The lowest BCUT2D eigenvalue weighted by Crippen LogP contribution is -2.19. The lowest BCUT2D eigenvalue weighted by atomic mass is 10.0. The number of likely N-dealkylation sites (tertiary alicyclic amines) is 1. The standard InChI is InChI=1S/C19H22N4O2/c1-12-15(11-23-7-3-4-8-23)13(2)20-16(12)10-14-18(21-22-19(14)24)17-6-5-9-25-17/h5-6,9-10,20H,3-4,7-8,11H2,1-2H3,(H,22,24). The summed E-state index contributed by atoms with van der Waals surface area (Å²) in [5, 5.41) is 4.11. The summed E-state index contributed by atoms with van der Waals surface area (Å²) in [6.45, 7) is 7.49. The monoisotopic (exact) mass is 338 g/mol. The van der Waals surface area contributed by atoms with E-state index in [1.165, 1.54) is 24.0 Å². The average Bonchev–Trinajstić information content (AvgIpc) is 3.36. The van der Waals surface area contributed by atoms with Crippen LogP contribution < -0.4 is 5.43 Å². The molecule has 1 amide bonds. The first-order chi connectivity index (χ1) is 12.1. The van der Waals surface area contributed by atoms with Crippen LogP contribution in [0.5, 0.6) is 0 Å². The first-order valence-corrected chi connectivity index (χ1v) is 8.68. The summed E-state index contributed by atoms with van der Waals surface area (Å²) in [6.07, 6.45) is 6.01. The van der Waals surface area contributed by atoms with Crippen LogP contribution in [0, 0.1) is 13.8 Å².